The Morgan fingerprint density at radius 3 is 2.58 bits per heavy atom. The van der Waals surface area contributed by atoms with Crippen LogP contribution < -0.4 is 10.5 Å². The van der Waals surface area contributed by atoms with Crippen molar-refractivity contribution in [2.75, 3.05) is 20.7 Å². The van der Waals surface area contributed by atoms with E-state index in [0.717, 1.165) is 12.0 Å². The van der Waals surface area contributed by atoms with E-state index in [4.69, 9.17) is 22.1 Å². The zero-order valence-corrected chi connectivity index (χ0v) is 13.1. The molecule has 1 aromatic rings. The SMILES string of the molecule is CCCC(C)N(C)C(CN)c1ccc(OC)c(Cl)c1. The van der Waals surface area contributed by atoms with Gasteiger partial charge in [0.1, 0.15) is 5.75 Å². The Hall–Kier alpha value is -0.770. The Bertz CT molecular complexity index is 398. The second-order valence-electron chi connectivity index (χ2n) is 4.95. The summed E-state index contributed by atoms with van der Waals surface area (Å²) in [6.07, 6.45) is 2.34. The van der Waals surface area contributed by atoms with Crippen LogP contribution in [0.1, 0.15) is 38.3 Å². The van der Waals surface area contributed by atoms with Crippen molar-refractivity contribution in [2.24, 2.45) is 5.73 Å². The molecule has 1 rings (SSSR count). The van der Waals surface area contributed by atoms with Gasteiger partial charge in [-0.15, -0.1) is 0 Å². The van der Waals surface area contributed by atoms with E-state index in [1.54, 1.807) is 7.11 Å². The van der Waals surface area contributed by atoms with E-state index in [0.29, 0.717) is 23.4 Å². The van der Waals surface area contributed by atoms with Crippen molar-refractivity contribution < 1.29 is 4.74 Å². The number of hydrogen-bond donors (Lipinski definition) is 1. The lowest BCUT2D eigenvalue weighted by atomic mass is 10.0. The predicted octanol–water partition coefficient (Wildman–Crippen LogP) is 3.47. The molecule has 0 aromatic heterocycles. The van der Waals surface area contributed by atoms with Gasteiger partial charge in [0.25, 0.3) is 0 Å². The van der Waals surface area contributed by atoms with Gasteiger partial charge in [-0.25, -0.2) is 0 Å². The maximum absolute atomic E-state index is 6.19. The van der Waals surface area contributed by atoms with Gasteiger partial charge in [0.15, 0.2) is 0 Å². The predicted molar refractivity (Wildman–Crippen MR) is 81.9 cm³/mol. The summed E-state index contributed by atoms with van der Waals surface area (Å²) >= 11 is 6.19. The van der Waals surface area contributed by atoms with Crippen molar-refractivity contribution in [2.45, 2.75) is 38.8 Å². The molecule has 0 aliphatic rings. The smallest absolute Gasteiger partial charge is 0.137 e. The topological polar surface area (TPSA) is 38.5 Å². The zero-order valence-electron chi connectivity index (χ0n) is 12.3. The molecule has 0 saturated heterocycles. The molecule has 0 spiro atoms. The van der Waals surface area contributed by atoms with Crippen LogP contribution in [0.2, 0.25) is 5.02 Å². The molecule has 108 valence electrons. The Morgan fingerprint density at radius 1 is 1.42 bits per heavy atom. The normalized spacial score (nSPS) is 14.5. The second kappa shape index (κ2) is 7.73. The fraction of sp³-hybridized carbons (Fsp3) is 0.600. The number of hydrogen-bond acceptors (Lipinski definition) is 3. The number of rotatable bonds is 7. The van der Waals surface area contributed by atoms with Gasteiger partial charge in [0.2, 0.25) is 0 Å². The number of ether oxygens (including phenoxy) is 1. The first kappa shape index (κ1) is 16.3. The fourth-order valence-corrected chi connectivity index (χ4v) is 2.62. The first-order valence-electron chi connectivity index (χ1n) is 6.80. The van der Waals surface area contributed by atoms with E-state index >= 15 is 0 Å². The average molecular weight is 285 g/mol. The van der Waals surface area contributed by atoms with Gasteiger partial charge >= 0.3 is 0 Å². The van der Waals surface area contributed by atoms with Gasteiger partial charge in [-0.2, -0.15) is 0 Å². The monoisotopic (exact) mass is 284 g/mol. The van der Waals surface area contributed by atoms with Crippen molar-refractivity contribution in [1.82, 2.24) is 4.90 Å². The first-order valence-corrected chi connectivity index (χ1v) is 7.18. The molecule has 3 nitrogen and oxygen atoms in total. The minimum atomic E-state index is 0.185. The Morgan fingerprint density at radius 2 is 2.11 bits per heavy atom. The first-order chi connectivity index (χ1) is 9.04. The van der Waals surface area contributed by atoms with Crippen LogP contribution in [0.4, 0.5) is 0 Å². The van der Waals surface area contributed by atoms with Crippen LogP contribution in [-0.2, 0) is 0 Å². The molecule has 19 heavy (non-hydrogen) atoms. The molecule has 0 bridgehead atoms. The van der Waals surface area contributed by atoms with E-state index < -0.39 is 0 Å². The zero-order chi connectivity index (χ0) is 14.4. The average Bonchev–Trinajstić information content (AvgIpc) is 2.40. The highest BCUT2D eigenvalue weighted by molar-refractivity contribution is 6.32. The van der Waals surface area contributed by atoms with Gasteiger partial charge in [-0.3, -0.25) is 4.90 Å². The third-order valence-corrected chi connectivity index (χ3v) is 3.97. The minimum absolute atomic E-state index is 0.185. The lowest BCUT2D eigenvalue weighted by molar-refractivity contribution is 0.180. The Balaban J connectivity index is 2.93. The summed E-state index contributed by atoms with van der Waals surface area (Å²) in [5.41, 5.74) is 7.08. The molecule has 0 heterocycles. The summed E-state index contributed by atoms with van der Waals surface area (Å²) in [5.74, 6) is 0.699. The van der Waals surface area contributed by atoms with Crippen LogP contribution in [0.5, 0.6) is 5.75 Å². The van der Waals surface area contributed by atoms with E-state index in [-0.39, 0.29) is 6.04 Å². The highest BCUT2D eigenvalue weighted by atomic mass is 35.5. The van der Waals surface area contributed by atoms with Gasteiger partial charge in [-0.1, -0.05) is 31.0 Å². The third kappa shape index (κ3) is 4.10. The van der Waals surface area contributed by atoms with Crippen molar-refractivity contribution in [3.63, 3.8) is 0 Å². The number of likely N-dealkylation sites (N-methyl/N-ethyl adjacent to an activating group) is 1. The summed E-state index contributed by atoms with van der Waals surface area (Å²) in [6.45, 7) is 5.01. The van der Waals surface area contributed by atoms with Gasteiger partial charge in [0.05, 0.1) is 12.1 Å². The Labute approximate surface area is 121 Å². The molecule has 0 saturated carbocycles. The molecule has 2 N–H and O–H groups in total. The molecule has 0 aliphatic carbocycles. The maximum Gasteiger partial charge on any atom is 0.137 e. The standard InChI is InChI=1S/C15H25ClN2O/c1-5-6-11(2)18(3)14(10-17)12-7-8-15(19-4)13(16)9-12/h7-9,11,14H,5-6,10,17H2,1-4H3. The highest BCUT2D eigenvalue weighted by Crippen LogP contribution is 2.30. The van der Waals surface area contributed by atoms with E-state index in [2.05, 4.69) is 25.8 Å². The molecular formula is C15H25ClN2O. The molecule has 4 heteroatoms. The minimum Gasteiger partial charge on any atom is -0.495 e. The van der Waals surface area contributed by atoms with Gasteiger partial charge in [-0.05, 0) is 38.1 Å². The quantitative estimate of drug-likeness (QED) is 0.833. The molecule has 0 radical (unpaired) electrons. The van der Waals surface area contributed by atoms with Gasteiger partial charge < -0.3 is 10.5 Å². The lowest BCUT2D eigenvalue weighted by Crippen LogP contribution is -2.37. The number of nitrogens with zero attached hydrogens (tertiary/aromatic N) is 1. The van der Waals surface area contributed by atoms with Crippen molar-refractivity contribution in [3.05, 3.63) is 28.8 Å². The molecule has 0 amide bonds. The molecule has 2 unspecified atom stereocenters. The highest BCUT2D eigenvalue weighted by Gasteiger charge is 2.20. The van der Waals surface area contributed by atoms with Crippen LogP contribution in [0, 0.1) is 0 Å². The summed E-state index contributed by atoms with van der Waals surface area (Å²) in [7, 11) is 3.74. The van der Waals surface area contributed by atoms with Crippen LogP contribution in [0.3, 0.4) is 0 Å². The molecular weight excluding hydrogens is 260 g/mol. The van der Waals surface area contributed by atoms with Crippen molar-refractivity contribution in [1.29, 1.82) is 0 Å². The number of halogens is 1. The summed E-state index contributed by atoms with van der Waals surface area (Å²) < 4.78 is 5.18. The molecule has 2 atom stereocenters. The summed E-state index contributed by atoms with van der Waals surface area (Å²) in [5, 5.41) is 0.634. The molecule has 0 aliphatic heterocycles. The van der Waals surface area contributed by atoms with Crippen LogP contribution >= 0.6 is 11.6 Å². The van der Waals surface area contributed by atoms with Crippen LogP contribution in [0.25, 0.3) is 0 Å². The molecule has 1 aromatic carbocycles. The number of methoxy groups -OCH3 is 1. The second-order valence-corrected chi connectivity index (χ2v) is 5.36. The summed E-state index contributed by atoms with van der Waals surface area (Å²) in [4.78, 5) is 2.32. The van der Waals surface area contributed by atoms with E-state index in [9.17, 15) is 0 Å². The third-order valence-electron chi connectivity index (χ3n) is 3.68. The molecule has 0 fully saturated rings. The van der Waals surface area contributed by atoms with Crippen LogP contribution in [-0.4, -0.2) is 31.6 Å². The fourth-order valence-electron chi connectivity index (χ4n) is 2.36. The number of benzene rings is 1. The number of nitrogens with two attached hydrogens (primary N) is 1. The lowest BCUT2D eigenvalue weighted by Gasteiger charge is -2.33. The largest absolute Gasteiger partial charge is 0.495 e. The maximum atomic E-state index is 6.19. The van der Waals surface area contributed by atoms with Gasteiger partial charge in [0, 0.05) is 18.6 Å². The van der Waals surface area contributed by atoms with E-state index in [1.807, 2.05) is 18.2 Å². The summed E-state index contributed by atoms with van der Waals surface area (Å²) in [6, 6.07) is 6.58. The Kier molecular flexibility index (Phi) is 6.63. The van der Waals surface area contributed by atoms with Crippen molar-refractivity contribution >= 4 is 11.6 Å². The van der Waals surface area contributed by atoms with Crippen LogP contribution in [0.15, 0.2) is 18.2 Å². The van der Waals surface area contributed by atoms with Crippen molar-refractivity contribution in [3.8, 4) is 5.75 Å². The van der Waals surface area contributed by atoms with E-state index in [1.165, 1.54) is 6.42 Å².